The lowest BCUT2D eigenvalue weighted by Gasteiger charge is -2.31. The number of hydrogen-bond donors (Lipinski definition) is 1. The molecule has 0 fully saturated rings. The molecule has 2 aromatic carbocycles. The molecule has 11 heteroatoms. The van der Waals surface area contributed by atoms with Gasteiger partial charge < -0.3 is 10.2 Å². The Bertz CT molecular complexity index is 1080. The van der Waals surface area contributed by atoms with Crippen LogP contribution in [0.25, 0.3) is 0 Å². The average molecular weight is 521 g/mol. The second-order valence-electron chi connectivity index (χ2n) is 7.10. The van der Waals surface area contributed by atoms with E-state index in [9.17, 15) is 18.0 Å². The first-order valence-corrected chi connectivity index (χ1v) is 12.6. The molecule has 0 saturated heterocycles. The van der Waals surface area contributed by atoms with Gasteiger partial charge in [0.1, 0.15) is 12.6 Å². The molecule has 7 nitrogen and oxygen atoms in total. The summed E-state index contributed by atoms with van der Waals surface area (Å²) >= 11 is 18.2. The maximum Gasteiger partial charge on any atom is 0.244 e. The number of nitrogens with zero attached hydrogens (tertiary/aromatic N) is 2. The average Bonchev–Trinajstić information content (AvgIpc) is 2.74. The van der Waals surface area contributed by atoms with Crippen LogP contribution in [0.15, 0.2) is 42.5 Å². The molecule has 174 valence electrons. The smallest absolute Gasteiger partial charge is 0.244 e. The molecular formula is C21H24Cl3N3O4S. The van der Waals surface area contributed by atoms with Gasteiger partial charge in [-0.15, -0.1) is 0 Å². The Morgan fingerprint density at radius 1 is 1.03 bits per heavy atom. The van der Waals surface area contributed by atoms with Gasteiger partial charge in [0.2, 0.25) is 21.8 Å². The van der Waals surface area contributed by atoms with Gasteiger partial charge in [0.15, 0.2) is 0 Å². The summed E-state index contributed by atoms with van der Waals surface area (Å²) in [6.45, 7) is 1.23. The normalized spacial score (nSPS) is 12.2. The Hall–Kier alpha value is -2.00. The van der Waals surface area contributed by atoms with Gasteiger partial charge in [-0.05, 0) is 31.0 Å². The van der Waals surface area contributed by atoms with Gasteiger partial charge >= 0.3 is 0 Å². The minimum Gasteiger partial charge on any atom is -0.357 e. The number of hydrogen-bond acceptors (Lipinski definition) is 4. The van der Waals surface area contributed by atoms with Crippen molar-refractivity contribution in [3.8, 4) is 0 Å². The molecule has 0 aliphatic rings. The Balaban J connectivity index is 2.37. The van der Waals surface area contributed by atoms with Crippen molar-refractivity contribution in [2.45, 2.75) is 19.4 Å². The molecule has 0 heterocycles. The summed E-state index contributed by atoms with van der Waals surface area (Å²) in [5.74, 6) is -0.936. The SMILES string of the molecule is CNC(=O)[C@H](C)N(CCc1ccccc1)C(=O)CN(c1cc(Cl)c(Cl)cc1Cl)S(C)(=O)=O. The lowest BCUT2D eigenvalue weighted by molar-refractivity contribution is -0.138. The van der Waals surface area contributed by atoms with E-state index < -0.39 is 28.5 Å². The quantitative estimate of drug-likeness (QED) is 0.512. The minimum atomic E-state index is -3.92. The van der Waals surface area contributed by atoms with Crippen molar-refractivity contribution in [1.29, 1.82) is 0 Å². The molecule has 1 atom stereocenters. The summed E-state index contributed by atoms with van der Waals surface area (Å²) < 4.78 is 25.9. The zero-order valence-corrected chi connectivity index (χ0v) is 20.9. The molecule has 32 heavy (non-hydrogen) atoms. The van der Waals surface area contributed by atoms with Gasteiger partial charge in [-0.1, -0.05) is 65.1 Å². The third kappa shape index (κ3) is 6.75. The summed E-state index contributed by atoms with van der Waals surface area (Å²) in [6.07, 6.45) is 1.44. The number of nitrogens with one attached hydrogen (secondary N) is 1. The third-order valence-corrected chi connectivity index (χ3v) is 6.99. The van der Waals surface area contributed by atoms with Crippen LogP contribution in [0, 0.1) is 0 Å². The van der Waals surface area contributed by atoms with Gasteiger partial charge in [0, 0.05) is 13.6 Å². The van der Waals surface area contributed by atoms with Gasteiger partial charge in [0.25, 0.3) is 0 Å². The van der Waals surface area contributed by atoms with Crippen LogP contribution in [-0.2, 0) is 26.0 Å². The summed E-state index contributed by atoms with van der Waals surface area (Å²) in [6, 6.07) is 11.2. The van der Waals surface area contributed by atoms with Gasteiger partial charge in [-0.25, -0.2) is 8.42 Å². The molecular weight excluding hydrogens is 497 g/mol. The van der Waals surface area contributed by atoms with E-state index in [2.05, 4.69) is 5.32 Å². The highest BCUT2D eigenvalue weighted by molar-refractivity contribution is 7.92. The second kappa shape index (κ2) is 11.2. The van der Waals surface area contributed by atoms with E-state index in [0.29, 0.717) is 6.42 Å². The Labute approximate surface area is 203 Å². The van der Waals surface area contributed by atoms with Crippen LogP contribution >= 0.6 is 34.8 Å². The Morgan fingerprint density at radius 3 is 2.19 bits per heavy atom. The molecule has 0 spiro atoms. The molecule has 0 radical (unpaired) electrons. The number of halogens is 3. The van der Waals surface area contributed by atoms with Crippen LogP contribution in [0.1, 0.15) is 12.5 Å². The first-order chi connectivity index (χ1) is 15.0. The first kappa shape index (κ1) is 26.3. The van der Waals surface area contributed by atoms with Gasteiger partial charge in [-0.2, -0.15) is 0 Å². The van der Waals surface area contributed by atoms with Crippen LogP contribution < -0.4 is 9.62 Å². The molecule has 0 saturated carbocycles. The number of benzene rings is 2. The highest BCUT2D eigenvalue weighted by atomic mass is 35.5. The summed E-state index contributed by atoms with van der Waals surface area (Å²) in [7, 11) is -2.45. The van der Waals surface area contributed by atoms with E-state index in [-0.39, 0.29) is 33.2 Å². The van der Waals surface area contributed by atoms with Crippen LogP contribution in [0.3, 0.4) is 0 Å². The van der Waals surface area contributed by atoms with Crippen molar-refractivity contribution < 1.29 is 18.0 Å². The van der Waals surface area contributed by atoms with Gasteiger partial charge in [-0.3, -0.25) is 13.9 Å². The summed E-state index contributed by atoms with van der Waals surface area (Å²) in [4.78, 5) is 26.9. The fourth-order valence-electron chi connectivity index (χ4n) is 3.08. The maximum atomic E-state index is 13.3. The molecule has 0 bridgehead atoms. The van der Waals surface area contributed by atoms with Crippen molar-refractivity contribution in [3.63, 3.8) is 0 Å². The Morgan fingerprint density at radius 2 is 1.62 bits per heavy atom. The zero-order chi connectivity index (χ0) is 24.1. The third-order valence-electron chi connectivity index (χ3n) is 4.84. The number of carbonyl (C=O) groups excluding carboxylic acids is 2. The predicted molar refractivity (Wildman–Crippen MR) is 129 cm³/mol. The maximum absolute atomic E-state index is 13.3. The molecule has 2 aromatic rings. The zero-order valence-electron chi connectivity index (χ0n) is 17.8. The van der Waals surface area contributed by atoms with Crippen molar-refractivity contribution in [3.05, 3.63) is 63.1 Å². The van der Waals surface area contributed by atoms with E-state index in [1.807, 2.05) is 30.3 Å². The van der Waals surface area contributed by atoms with Gasteiger partial charge in [0.05, 0.1) is 27.0 Å². The summed E-state index contributed by atoms with van der Waals surface area (Å²) in [5, 5.41) is 2.78. The first-order valence-electron chi connectivity index (χ1n) is 9.63. The molecule has 0 aliphatic heterocycles. The van der Waals surface area contributed by atoms with Crippen LogP contribution in [0.2, 0.25) is 15.1 Å². The minimum absolute atomic E-state index is 0.0209. The summed E-state index contributed by atoms with van der Waals surface area (Å²) in [5.41, 5.74) is 0.995. The van der Waals surface area contributed by atoms with E-state index in [0.717, 1.165) is 16.1 Å². The van der Waals surface area contributed by atoms with E-state index >= 15 is 0 Å². The van der Waals surface area contributed by atoms with Crippen LogP contribution in [0.5, 0.6) is 0 Å². The molecule has 0 unspecified atom stereocenters. The van der Waals surface area contributed by atoms with Crippen LogP contribution in [-0.4, -0.2) is 57.6 Å². The monoisotopic (exact) mass is 519 g/mol. The Kier molecular flexibility index (Phi) is 9.21. The van der Waals surface area contributed by atoms with Crippen molar-refractivity contribution in [1.82, 2.24) is 10.2 Å². The van der Waals surface area contributed by atoms with E-state index in [1.165, 1.54) is 24.1 Å². The fourth-order valence-corrected chi connectivity index (χ4v) is 4.62. The van der Waals surface area contributed by atoms with Crippen molar-refractivity contribution >= 4 is 62.3 Å². The van der Waals surface area contributed by atoms with E-state index in [4.69, 9.17) is 34.8 Å². The number of likely N-dealkylation sites (N-methyl/N-ethyl adjacent to an activating group) is 1. The number of anilines is 1. The molecule has 0 aliphatic carbocycles. The molecule has 2 rings (SSSR count). The fraction of sp³-hybridized carbons (Fsp3) is 0.333. The van der Waals surface area contributed by atoms with Crippen LogP contribution in [0.4, 0.5) is 5.69 Å². The number of rotatable bonds is 9. The molecule has 0 aromatic heterocycles. The van der Waals surface area contributed by atoms with E-state index in [1.54, 1.807) is 6.92 Å². The second-order valence-corrected chi connectivity index (χ2v) is 10.2. The largest absolute Gasteiger partial charge is 0.357 e. The standard InChI is InChI=1S/C21H24Cl3N3O4S/c1-14(21(29)25-2)26(10-9-15-7-5-4-6-8-15)20(28)13-27(32(3,30)31)19-12-17(23)16(22)11-18(19)24/h4-8,11-12,14H,9-10,13H2,1-3H3,(H,25,29)/t14-/m0/s1. The highest BCUT2D eigenvalue weighted by Crippen LogP contribution is 2.35. The number of amides is 2. The highest BCUT2D eigenvalue weighted by Gasteiger charge is 2.30. The van der Waals surface area contributed by atoms with Crippen molar-refractivity contribution in [2.24, 2.45) is 0 Å². The molecule has 1 N–H and O–H groups in total. The van der Waals surface area contributed by atoms with Crippen molar-refractivity contribution in [2.75, 3.05) is 30.7 Å². The topological polar surface area (TPSA) is 86.8 Å². The number of sulfonamides is 1. The lowest BCUT2D eigenvalue weighted by Crippen LogP contribution is -2.51. The predicted octanol–water partition coefficient (Wildman–Crippen LogP) is 3.62. The molecule has 2 amide bonds. The lowest BCUT2D eigenvalue weighted by atomic mass is 10.1. The number of carbonyl (C=O) groups is 2.